The zero-order chi connectivity index (χ0) is 20.1. The fourth-order valence-corrected chi connectivity index (χ4v) is 3.52. The van der Waals surface area contributed by atoms with Crippen molar-refractivity contribution in [3.8, 4) is 5.75 Å². The molecule has 1 aromatic heterocycles. The van der Waals surface area contributed by atoms with Crippen LogP contribution in [0.1, 0.15) is 32.6 Å². The Morgan fingerprint density at radius 3 is 2.52 bits per heavy atom. The number of carbonyl (C=O) groups is 2. The van der Waals surface area contributed by atoms with E-state index in [1.54, 1.807) is 13.2 Å². The molecule has 4 N–H and O–H groups in total. The fraction of sp³-hybridized carbons (Fsp3) is 0.588. The van der Waals surface area contributed by atoms with E-state index in [9.17, 15) is 19.5 Å². The summed E-state index contributed by atoms with van der Waals surface area (Å²) < 4.78 is 8.06. The van der Waals surface area contributed by atoms with Crippen molar-refractivity contribution in [1.82, 2.24) is 15.2 Å². The van der Waals surface area contributed by atoms with Gasteiger partial charge in [0.25, 0.3) is 5.56 Å². The lowest BCUT2D eigenvalue weighted by molar-refractivity contribution is -0.126. The summed E-state index contributed by atoms with van der Waals surface area (Å²) in [5.74, 6) is -0.0588. The van der Waals surface area contributed by atoms with Crippen LogP contribution in [-0.2, 0) is 11.8 Å². The number of aryl methyl sites for hydroxylation is 1. The summed E-state index contributed by atoms with van der Waals surface area (Å²) in [4.78, 5) is 34.7. The average Bonchev–Trinajstić information content (AvgIpc) is 2.58. The van der Waals surface area contributed by atoms with Crippen LogP contribution in [0.3, 0.4) is 0 Å². The highest BCUT2D eigenvalue weighted by molar-refractivity contribution is 9.10. The van der Waals surface area contributed by atoms with Crippen LogP contribution in [0.5, 0.6) is 5.75 Å². The standard InChI is InChI=1S/C17H24BrN3O6/c1-9(22)15(20-17(25)26)16(24)19-10-3-5-11(6-4-10)27-13-7-14(23)21(2)8-12(13)18/h7-11,15,20,22H,3-6H2,1-2H3,(H,19,24)(H,25,26)/t9-,10?,11?,15+/m1/s1. The third kappa shape index (κ3) is 5.96. The molecule has 1 fully saturated rings. The maximum Gasteiger partial charge on any atom is 0.405 e. The number of hydrogen-bond acceptors (Lipinski definition) is 5. The number of pyridine rings is 1. The van der Waals surface area contributed by atoms with Gasteiger partial charge < -0.3 is 30.2 Å². The molecular formula is C17H24BrN3O6. The van der Waals surface area contributed by atoms with Crippen molar-refractivity contribution in [2.45, 2.75) is 56.9 Å². The number of aromatic nitrogens is 1. The van der Waals surface area contributed by atoms with E-state index < -0.39 is 24.1 Å². The normalized spacial score (nSPS) is 21.8. The summed E-state index contributed by atoms with van der Waals surface area (Å²) in [6.07, 6.45) is 1.72. The average molecular weight is 446 g/mol. The third-order valence-electron chi connectivity index (χ3n) is 4.50. The molecule has 9 nitrogen and oxygen atoms in total. The van der Waals surface area contributed by atoms with Gasteiger partial charge in [0.1, 0.15) is 11.8 Å². The van der Waals surface area contributed by atoms with E-state index in [2.05, 4.69) is 21.2 Å². The van der Waals surface area contributed by atoms with Gasteiger partial charge in [-0.25, -0.2) is 4.79 Å². The first-order valence-corrected chi connectivity index (χ1v) is 9.47. The van der Waals surface area contributed by atoms with Crippen LogP contribution in [-0.4, -0.2) is 51.1 Å². The minimum absolute atomic E-state index is 0.0775. The highest BCUT2D eigenvalue weighted by Gasteiger charge is 2.30. The van der Waals surface area contributed by atoms with Gasteiger partial charge in [-0.1, -0.05) is 0 Å². The topological polar surface area (TPSA) is 130 Å². The molecule has 10 heteroatoms. The molecule has 0 aliphatic heterocycles. The predicted molar refractivity (Wildman–Crippen MR) is 101 cm³/mol. The van der Waals surface area contributed by atoms with Crippen molar-refractivity contribution < 1.29 is 24.5 Å². The second kappa shape index (κ2) is 9.23. The summed E-state index contributed by atoms with van der Waals surface area (Å²) in [5, 5.41) is 23.2. The van der Waals surface area contributed by atoms with Crippen LogP contribution in [0.2, 0.25) is 0 Å². The molecule has 0 saturated heterocycles. The molecule has 1 heterocycles. The predicted octanol–water partition coefficient (Wildman–Crippen LogP) is 0.971. The van der Waals surface area contributed by atoms with Crippen LogP contribution in [0.25, 0.3) is 0 Å². The second-order valence-corrected chi connectivity index (χ2v) is 7.56. The van der Waals surface area contributed by atoms with Gasteiger partial charge in [-0.05, 0) is 48.5 Å². The lowest BCUT2D eigenvalue weighted by atomic mass is 9.92. The fourth-order valence-electron chi connectivity index (χ4n) is 3.00. The Bertz CT molecular complexity index is 743. The number of amides is 2. The van der Waals surface area contributed by atoms with E-state index in [0.717, 1.165) is 0 Å². The molecule has 2 amide bonds. The van der Waals surface area contributed by atoms with Crippen LogP contribution in [0, 0.1) is 0 Å². The molecule has 1 aromatic rings. The Balaban J connectivity index is 1.88. The molecule has 2 atom stereocenters. The summed E-state index contributed by atoms with van der Waals surface area (Å²) in [7, 11) is 1.66. The Kier molecular flexibility index (Phi) is 7.25. The molecule has 0 bridgehead atoms. The number of nitrogens with one attached hydrogen (secondary N) is 2. The van der Waals surface area contributed by atoms with Gasteiger partial charge in [0.05, 0.1) is 16.7 Å². The Hall–Kier alpha value is -2.07. The van der Waals surface area contributed by atoms with Gasteiger partial charge in [0.2, 0.25) is 5.91 Å². The lowest BCUT2D eigenvalue weighted by Crippen LogP contribution is -2.54. The quantitative estimate of drug-likeness (QED) is 0.516. The van der Waals surface area contributed by atoms with Crippen molar-refractivity contribution in [3.05, 3.63) is 27.1 Å². The first-order valence-electron chi connectivity index (χ1n) is 8.68. The maximum absolute atomic E-state index is 12.2. The van der Waals surface area contributed by atoms with Crippen LogP contribution >= 0.6 is 15.9 Å². The molecule has 0 radical (unpaired) electrons. The number of carboxylic acid groups (broad SMARTS) is 1. The summed E-state index contributed by atoms with van der Waals surface area (Å²) in [5.41, 5.74) is -0.163. The highest BCUT2D eigenvalue weighted by atomic mass is 79.9. The van der Waals surface area contributed by atoms with E-state index >= 15 is 0 Å². The van der Waals surface area contributed by atoms with E-state index in [0.29, 0.717) is 35.9 Å². The number of ether oxygens (including phenoxy) is 1. The second-order valence-electron chi connectivity index (χ2n) is 6.70. The van der Waals surface area contributed by atoms with Gasteiger partial charge in [-0.15, -0.1) is 0 Å². The molecule has 0 spiro atoms. The summed E-state index contributed by atoms with van der Waals surface area (Å²) in [6.45, 7) is 1.35. The summed E-state index contributed by atoms with van der Waals surface area (Å²) in [6, 6.07) is 0.0946. The minimum atomic E-state index is -1.37. The zero-order valence-electron chi connectivity index (χ0n) is 15.1. The molecule has 2 rings (SSSR count). The summed E-state index contributed by atoms with van der Waals surface area (Å²) >= 11 is 3.38. The number of aliphatic hydroxyl groups is 1. The Morgan fingerprint density at radius 2 is 1.96 bits per heavy atom. The van der Waals surface area contributed by atoms with Gasteiger partial charge in [-0.2, -0.15) is 0 Å². The molecule has 1 aliphatic carbocycles. The van der Waals surface area contributed by atoms with Gasteiger partial charge in [-0.3, -0.25) is 9.59 Å². The Labute approximate surface area is 164 Å². The Morgan fingerprint density at radius 1 is 1.33 bits per heavy atom. The molecule has 1 aliphatic rings. The van der Waals surface area contributed by atoms with Gasteiger partial charge >= 0.3 is 6.09 Å². The molecular weight excluding hydrogens is 422 g/mol. The highest BCUT2D eigenvalue weighted by Crippen LogP contribution is 2.28. The van der Waals surface area contributed by atoms with Crippen molar-refractivity contribution in [3.63, 3.8) is 0 Å². The van der Waals surface area contributed by atoms with Gasteiger partial charge in [0.15, 0.2) is 0 Å². The molecule has 0 aromatic carbocycles. The van der Waals surface area contributed by atoms with E-state index in [1.807, 2.05) is 5.32 Å². The number of carbonyl (C=O) groups excluding carboxylic acids is 1. The molecule has 1 saturated carbocycles. The lowest BCUT2D eigenvalue weighted by Gasteiger charge is -2.31. The molecule has 0 unspecified atom stereocenters. The first-order chi connectivity index (χ1) is 12.7. The van der Waals surface area contributed by atoms with Crippen molar-refractivity contribution in [2.24, 2.45) is 7.05 Å². The SMILES string of the molecule is C[C@@H](O)[C@H](NC(=O)O)C(=O)NC1CCC(Oc2cc(=O)n(C)cc2Br)CC1. The number of nitrogens with zero attached hydrogens (tertiary/aromatic N) is 1. The number of aliphatic hydroxyl groups excluding tert-OH is 1. The van der Waals surface area contributed by atoms with E-state index in [4.69, 9.17) is 9.84 Å². The third-order valence-corrected chi connectivity index (χ3v) is 5.10. The van der Waals surface area contributed by atoms with Crippen molar-refractivity contribution in [2.75, 3.05) is 0 Å². The van der Waals surface area contributed by atoms with E-state index in [1.165, 1.54) is 17.6 Å². The zero-order valence-corrected chi connectivity index (χ0v) is 16.7. The minimum Gasteiger partial charge on any atom is -0.489 e. The monoisotopic (exact) mass is 445 g/mol. The smallest absolute Gasteiger partial charge is 0.405 e. The van der Waals surface area contributed by atoms with Crippen molar-refractivity contribution in [1.29, 1.82) is 0 Å². The number of rotatable bonds is 6. The number of hydrogen-bond donors (Lipinski definition) is 4. The van der Waals surface area contributed by atoms with Crippen LogP contribution < -0.4 is 20.9 Å². The first kappa shape index (κ1) is 21.2. The van der Waals surface area contributed by atoms with Gasteiger partial charge in [0, 0.05) is 25.4 Å². The number of halogens is 1. The largest absolute Gasteiger partial charge is 0.489 e. The van der Waals surface area contributed by atoms with Crippen LogP contribution in [0.15, 0.2) is 21.5 Å². The maximum atomic E-state index is 12.2. The molecule has 150 valence electrons. The van der Waals surface area contributed by atoms with Crippen LogP contribution in [0.4, 0.5) is 4.79 Å². The van der Waals surface area contributed by atoms with E-state index in [-0.39, 0.29) is 17.7 Å². The van der Waals surface area contributed by atoms with Crippen molar-refractivity contribution >= 4 is 27.9 Å². The molecule has 27 heavy (non-hydrogen) atoms.